The van der Waals surface area contributed by atoms with Crippen molar-refractivity contribution in [1.82, 2.24) is 4.72 Å². The fraction of sp³-hybridized carbons (Fsp3) is 0.538. The summed E-state index contributed by atoms with van der Waals surface area (Å²) in [6.45, 7) is 4.34. The average molecular weight is 268 g/mol. The van der Waals surface area contributed by atoms with Gasteiger partial charge in [0.2, 0.25) is 10.0 Å². The number of rotatable bonds is 6. The van der Waals surface area contributed by atoms with Gasteiger partial charge in [0.15, 0.2) is 0 Å². The van der Waals surface area contributed by atoms with Crippen LogP contribution in [0.25, 0.3) is 0 Å². The molecule has 100 valence electrons. The summed E-state index contributed by atoms with van der Waals surface area (Å²) < 4.78 is 26.6. The van der Waals surface area contributed by atoms with E-state index in [2.05, 4.69) is 17.0 Å². The fourth-order valence-corrected chi connectivity index (χ4v) is 3.37. The molecule has 1 saturated carbocycles. The molecule has 2 N–H and O–H groups in total. The molecule has 2 rings (SSSR count). The number of nitrogens with one attached hydrogen (secondary N) is 2. The third kappa shape index (κ3) is 2.84. The van der Waals surface area contributed by atoms with Crippen molar-refractivity contribution in [1.29, 1.82) is 0 Å². The molecule has 0 amide bonds. The molecule has 0 spiro atoms. The summed E-state index contributed by atoms with van der Waals surface area (Å²) in [7, 11) is -3.40. The smallest absolute Gasteiger partial charge is 0.242 e. The third-order valence-corrected chi connectivity index (χ3v) is 4.90. The van der Waals surface area contributed by atoms with Gasteiger partial charge in [-0.1, -0.05) is 32.4 Å². The highest BCUT2D eigenvalue weighted by Gasteiger charge is 2.36. The first kappa shape index (κ1) is 13.4. The second-order valence-electron chi connectivity index (χ2n) is 4.65. The highest BCUT2D eigenvalue weighted by atomic mass is 32.2. The summed E-state index contributed by atoms with van der Waals surface area (Å²) in [6.07, 6.45) is 2.27. The molecule has 1 aromatic carbocycles. The Kier molecular flexibility index (Phi) is 3.92. The van der Waals surface area contributed by atoms with Gasteiger partial charge >= 0.3 is 0 Å². The van der Waals surface area contributed by atoms with Crippen LogP contribution in [-0.2, 0) is 10.0 Å². The first-order valence-electron chi connectivity index (χ1n) is 6.43. The van der Waals surface area contributed by atoms with E-state index in [9.17, 15) is 8.42 Å². The van der Waals surface area contributed by atoms with Crippen LogP contribution >= 0.6 is 0 Å². The van der Waals surface area contributed by atoms with Crippen LogP contribution in [0, 0.1) is 5.92 Å². The van der Waals surface area contributed by atoms with Gasteiger partial charge in [-0.15, -0.1) is 0 Å². The maximum atomic E-state index is 12.1. The van der Waals surface area contributed by atoms with Crippen LogP contribution in [0.4, 0.5) is 5.69 Å². The van der Waals surface area contributed by atoms with Gasteiger partial charge in [0, 0.05) is 12.6 Å². The molecule has 1 fully saturated rings. The molecule has 1 aliphatic rings. The predicted octanol–water partition coefficient (Wildman–Crippen LogP) is 2.20. The largest absolute Gasteiger partial charge is 0.381 e. The molecular formula is C13H20N2O2S. The second kappa shape index (κ2) is 5.28. The number of benzene rings is 1. The lowest BCUT2D eigenvalue weighted by atomic mass is 10.3. The van der Waals surface area contributed by atoms with Crippen LogP contribution in [0.3, 0.4) is 0 Å². The lowest BCUT2D eigenvalue weighted by molar-refractivity contribution is 0.584. The zero-order valence-corrected chi connectivity index (χ0v) is 11.6. The lowest BCUT2D eigenvalue weighted by Crippen LogP contribution is -2.24. The second-order valence-corrected chi connectivity index (χ2v) is 6.39. The van der Waals surface area contributed by atoms with Gasteiger partial charge in [-0.25, -0.2) is 13.1 Å². The normalized spacial score (nSPS) is 22.8. The van der Waals surface area contributed by atoms with E-state index in [-0.39, 0.29) is 0 Å². The van der Waals surface area contributed by atoms with E-state index in [0.29, 0.717) is 29.1 Å². The van der Waals surface area contributed by atoms with Crippen molar-refractivity contribution in [3.63, 3.8) is 0 Å². The van der Waals surface area contributed by atoms with Crippen LogP contribution in [0.1, 0.15) is 26.7 Å². The summed E-state index contributed by atoms with van der Waals surface area (Å²) in [6, 6.07) is 7.50. The molecule has 0 bridgehead atoms. The van der Waals surface area contributed by atoms with Gasteiger partial charge in [-0.2, -0.15) is 0 Å². The quantitative estimate of drug-likeness (QED) is 0.831. The van der Waals surface area contributed by atoms with Crippen molar-refractivity contribution in [2.24, 2.45) is 5.92 Å². The highest BCUT2D eigenvalue weighted by Crippen LogP contribution is 2.37. The van der Waals surface area contributed by atoms with Gasteiger partial charge in [-0.3, -0.25) is 0 Å². The summed E-state index contributed by atoms with van der Waals surface area (Å²) in [5.74, 6) is 0.680. The van der Waals surface area contributed by atoms with E-state index in [4.69, 9.17) is 0 Å². The number of anilines is 1. The fourth-order valence-electron chi connectivity index (χ4n) is 2.16. The van der Waals surface area contributed by atoms with Gasteiger partial charge in [-0.05, 0) is 24.5 Å². The maximum Gasteiger partial charge on any atom is 0.242 e. The molecule has 18 heavy (non-hydrogen) atoms. The maximum absolute atomic E-state index is 12.1. The monoisotopic (exact) mass is 268 g/mol. The van der Waals surface area contributed by atoms with E-state index < -0.39 is 10.0 Å². The number of hydrogen-bond donors (Lipinski definition) is 2. The Bertz CT molecular complexity index is 513. The predicted molar refractivity (Wildman–Crippen MR) is 73.1 cm³/mol. The topological polar surface area (TPSA) is 58.2 Å². The number of para-hydroxylation sites is 1. The summed E-state index contributed by atoms with van der Waals surface area (Å²) in [4.78, 5) is 0.341. The van der Waals surface area contributed by atoms with Gasteiger partial charge < -0.3 is 5.32 Å². The Hall–Kier alpha value is -1.07. The molecule has 1 aromatic rings. The molecule has 0 aliphatic heterocycles. The Morgan fingerprint density at radius 3 is 2.61 bits per heavy atom. The van der Waals surface area contributed by atoms with Crippen molar-refractivity contribution in [2.45, 2.75) is 37.6 Å². The van der Waals surface area contributed by atoms with E-state index in [0.717, 1.165) is 12.8 Å². The van der Waals surface area contributed by atoms with Crippen LogP contribution in [-0.4, -0.2) is 21.0 Å². The van der Waals surface area contributed by atoms with Gasteiger partial charge in [0.1, 0.15) is 4.90 Å². The van der Waals surface area contributed by atoms with Crippen LogP contribution < -0.4 is 10.0 Å². The molecule has 0 radical (unpaired) electrons. The molecule has 5 heteroatoms. The average Bonchev–Trinajstić information content (AvgIpc) is 3.08. The molecular weight excluding hydrogens is 248 g/mol. The van der Waals surface area contributed by atoms with Crippen molar-refractivity contribution in [3.8, 4) is 0 Å². The van der Waals surface area contributed by atoms with E-state index in [1.807, 2.05) is 12.1 Å². The number of sulfonamides is 1. The highest BCUT2D eigenvalue weighted by molar-refractivity contribution is 7.89. The molecule has 0 saturated heterocycles. The van der Waals surface area contributed by atoms with Gasteiger partial charge in [0.25, 0.3) is 0 Å². The van der Waals surface area contributed by atoms with E-state index in [1.165, 1.54) is 0 Å². The van der Waals surface area contributed by atoms with Crippen molar-refractivity contribution in [3.05, 3.63) is 24.3 Å². The summed E-state index contributed by atoms with van der Waals surface area (Å²) in [5, 5.41) is 3.33. The molecule has 4 nitrogen and oxygen atoms in total. The molecule has 1 aliphatic carbocycles. The molecule has 2 unspecified atom stereocenters. The molecule has 2 atom stereocenters. The summed E-state index contributed by atoms with van der Waals surface area (Å²) >= 11 is 0. The number of hydrogen-bond acceptors (Lipinski definition) is 3. The lowest BCUT2D eigenvalue weighted by Gasteiger charge is -2.12. The minimum absolute atomic E-state index is 0.341. The molecule has 0 heterocycles. The Morgan fingerprint density at radius 2 is 2.00 bits per heavy atom. The zero-order valence-electron chi connectivity index (χ0n) is 10.8. The van der Waals surface area contributed by atoms with Crippen molar-refractivity contribution < 1.29 is 8.42 Å². The van der Waals surface area contributed by atoms with E-state index in [1.54, 1.807) is 19.1 Å². The van der Waals surface area contributed by atoms with Gasteiger partial charge in [0.05, 0.1) is 5.69 Å². The SMILES string of the molecule is CCNS(=O)(=O)c1ccccc1NC1CC1CC. The zero-order chi connectivity index (χ0) is 13.2. The summed E-state index contributed by atoms with van der Waals surface area (Å²) in [5.41, 5.74) is 0.708. The van der Waals surface area contributed by atoms with Crippen LogP contribution in [0.15, 0.2) is 29.2 Å². The Labute approximate surface area is 109 Å². The minimum atomic E-state index is -3.40. The molecule has 0 aromatic heterocycles. The van der Waals surface area contributed by atoms with Crippen molar-refractivity contribution >= 4 is 15.7 Å². The standard InChI is InChI=1S/C13H20N2O2S/c1-3-10-9-12(10)15-11-7-5-6-8-13(11)18(16,17)14-4-2/h5-8,10,12,14-15H,3-4,9H2,1-2H3. The third-order valence-electron chi connectivity index (χ3n) is 3.30. The Morgan fingerprint density at radius 1 is 1.28 bits per heavy atom. The van der Waals surface area contributed by atoms with Crippen LogP contribution in [0.5, 0.6) is 0 Å². The van der Waals surface area contributed by atoms with E-state index >= 15 is 0 Å². The minimum Gasteiger partial charge on any atom is -0.381 e. The first-order chi connectivity index (χ1) is 8.58. The Balaban J connectivity index is 2.21. The van der Waals surface area contributed by atoms with Crippen LogP contribution in [0.2, 0.25) is 0 Å². The first-order valence-corrected chi connectivity index (χ1v) is 7.92. The van der Waals surface area contributed by atoms with Crippen molar-refractivity contribution in [2.75, 3.05) is 11.9 Å².